The van der Waals surface area contributed by atoms with Gasteiger partial charge in [-0.05, 0) is 43.4 Å². The van der Waals surface area contributed by atoms with Crippen molar-refractivity contribution < 1.29 is 4.74 Å². The molecular formula is C15H20Cl2O. The first kappa shape index (κ1) is 15.4. The largest absolute Gasteiger partial charge is 0.492 e. The molecule has 0 aliphatic rings. The molecule has 1 aromatic rings. The summed E-state index contributed by atoms with van der Waals surface area (Å²) in [6, 6.07) is 3.67. The van der Waals surface area contributed by atoms with Crippen LogP contribution in [-0.2, 0) is 6.42 Å². The van der Waals surface area contributed by atoms with Gasteiger partial charge in [-0.1, -0.05) is 49.2 Å². The molecule has 0 radical (unpaired) electrons. The number of allylic oxidation sites excluding steroid dienone is 2. The Morgan fingerprint density at radius 1 is 1.28 bits per heavy atom. The Morgan fingerprint density at radius 3 is 2.61 bits per heavy atom. The molecule has 0 aromatic heterocycles. The standard InChI is InChI=1S/C15H20Cl2O/c1-4-6-7-11(3)8-12-9-13(16)10-14(17)15(12)18-5-2/h6-7,9-11H,4-5,8H2,1-3H3/b7-6-. The van der Waals surface area contributed by atoms with E-state index < -0.39 is 0 Å². The summed E-state index contributed by atoms with van der Waals surface area (Å²) < 4.78 is 5.61. The normalized spacial score (nSPS) is 12.9. The third-order valence-corrected chi connectivity index (χ3v) is 3.12. The average Bonchev–Trinajstić information content (AvgIpc) is 2.31. The zero-order valence-corrected chi connectivity index (χ0v) is 12.7. The molecule has 0 saturated carbocycles. The number of hydrogen-bond acceptors (Lipinski definition) is 1. The molecule has 1 nitrogen and oxygen atoms in total. The van der Waals surface area contributed by atoms with Crippen LogP contribution >= 0.6 is 23.2 Å². The Balaban J connectivity index is 2.95. The fraction of sp³-hybridized carbons (Fsp3) is 0.467. The Morgan fingerprint density at radius 2 is 2.00 bits per heavy atom. The number of benzene rings is 1. The lowest BCUT2D eigenvalue weighted by Crippen LogP contribution is -2.02. The van der Waals surface area contributed by atoms with Crippen molar-refractivity contribution in [3.05, 3.63) is 39.9 Å². The average molecular weight is 287 g/mol. The highest BCUT2D eigenvalue weighted by Crippen LogP contribution is 2.34. The van der Waals surface area contributed by atoms with Gasteiger partial charge >= 0.3 is 0 Å². The van der Waals surface area contributed by atoms with Gasteiger partial charge < -0.3 is 4.74 Å². The van der Waals surface area contributed by atoms with Crippen molar-refractivity contribution in [2.45, 2.75) is 33.6 Å². The molecule has 1 rings (SSSR count). The summed E-state index contributed by atoms with van der Waals surface area (Å²) in [5.41, 5.74) is 1.07. The minimum absolute atomic E-state index is 0.443. The third-order valence-electron chi connectivity index (χ3n) is 2.62. The number of rotatable bonds is 6. The summed E-state index contributed by atoms with van der Waals surface area (Å²) in [6.45, 7) is 6.87. The van der Waals surface area contributed by atoms with Crippen LogP contribution in [0.5, 0.6) is 5.75 Å². The number of hydrogen-bond donors (Lipinski definition) is 0. The van der Waals surface area contributed by atoms with Crippen LogP contribution in [0, 0.1) is 5.92 Å². The summed E-state index contributed by atoms with van der Waals surface area (Å²) >= 11 is 12.2. The quantitative estimate of drug-likeness (QED) is 0.624. The first-order chi connectivity index (χ1) is 8.58. The molecule has 1 aromatic carbocycles. The van der Waals surface area contributed by atoms with E-state index in [0.717, 1.165) is 24.2 Å². The lowest BCUT2D eigenvalue weighted by molar-refractivity contribution is 0.335. The highest BCUT2D eigenvalue weighted by atomic mass is 35.5. The minimum atomic E-state index is 0.443. The maximum atomic E-state index is 6.17. The molecule has 0 amide bonds. The maximum absolute atomic E-state index is 6.17. The van der Waals surface area contributed by atoms with E-state index in [4.69, 9.17) is 27.9 Å². The predicted molar refractivity (Wildman–Crippen MR) is 79.9 cm³/mol. The second-order valence-electron chi connectivity index (χ2n) is 4.33. The van der Waals surface area contributed by atoms with E-state index in [9.17, 15) is 0 Å². The summed E-state index contributed by atoms with van der Waals surface area (Å²) in [4.78, 5) is 0. The first-order valence-corrected chi connectivity index (χ1v) is 7.11. The molecule has 1 unspecified atom stereocenters. The highest BCUT2D eigenvalue weighted by Gasteiger charge is 2.12. The fourth-order valence-electron chi connectivity index (χ4n) is 1.85. The second kappa shape index (κ2) is 7.70. The van der Waals surface area contributed by atoms with E-state index in [1.54, 1.807) is 6.07 Å². The van der Waals surface area contributed by atoms with E-state index in [2.05, 4.69) is 26.0 Å². The van der Waals surface area contributed by atoms with Gasteiger partial charge in [0.05, 0.1) is 11.6 Å². The van der Waals surface area contributed by atoms with Gasteiger partial charge in [-0.15, -0.1) is 0 Å². The van der Waals surface area contributed by atoms with Crippen LogP contribution < -0.4 is 4.74 Å². The fourth-order valence-corrected chi connectivity index (χ4v) is 2.44. The van der Waals surface area contributed by atoms with Gasteiger partial charge in [0.2, 0.25) is 0 Å². The summed E-state index contributed by atoms with van der Waals surface area (Å²) in [6.07, 6.45) is 6.33. The van der Waals surface area contributed by atoms with E-state index in [1.807, 2.05) is 13.0 Å². The molecule has 0 aliphatic heterocycles. The van der Waals surface area contributed by atoms with Gasteiger partial charge in [0.1, 0.15) is 5.75 Å². The number of ether oxygens (including phenoxy) is 1. The summed E-state index contributed by atoms with van der Waals surface area (Å²) in [5, 5.41) is 1.25. The monoisotopic (exact) mass is 286 g/mol. The molecular weight excluding hydrogens is 267 g/mol. The maximum Gasteiger partial charge on any atom is 0.141 e. The van der Waals surface area contributed by atoms with E-state index >= 15 is 0 Å². The van der Waals surface area contributed by atoms with E-state index in [-0.39, 0.29) is 0 Å². The van der Waals surface area contributed by atoms with Gasteiger partial charge in [-0.25, -0.2) is 0 Å². The Labute approximate surface area is 120 Å². The van der Waals surface area contributed by atoms with Crippen LogP contribution in [-0.4, -0.2) is 6.61 Å². The predicted octanol–water partition coefficient (Wildman–Crippen LogP) is 5.54. The Bertz CT molecular complexity index is 413. The van der Waals surface area contributed by atoms with E-state index in [0.29, 0.717) is 22.6 Å². The van der Waals surface area contributed by atoms with Gasteiger partial charge in [0.15, 0.2) is 0 Å². The SMILES string of the molecule is CC/C=C\C(C)Cc1cc(Cl)cc(Cl)c1OCC. The second-order valence-corrected chi connectivity index (χ2v) is 5.17. The molecule has 0 spiro atoms. The molecule has 0 aliphatic carbocycles. The van der Waals surface area contributed by atoms with Crippen LogP contribution in [0.4, 0.5) is 0 Å². The van der Waals surface area contributed by atoms with Gasteiger partial charge in [0, 0.05) is 5.02 Å². The van der Waals surface area contributed by atoms with Gasteiger partial charge in [-0.3, -0.25) is 0 Å². The highest BCUT2D eigenvalue weighted by molar-refractivity contribution is 6.35. The van der Waals surface area contributed by atoms with Crippen LogP contribution in [0.3, 0.4) is 0 Å². The van der Waals surface area contributed by atoms with Crippen molar-refractivity contribution in [3.63, 3.8) is 0 Å². The minimum Gasteiger partial charge on any atom is -0.492 e. The zero-order valence-electron chi connectivity index (χ0n) is 11.2. The summed E-state index contributed by atoms with van der Waals surface area (Å²) in [5.74, 6) is 1.21. The van der Waals surface area contributed by atoms with Crippen molar-refractivity contribution in [3.8, 4) is 5.75 Å². The van der Waals surface area contributed by atoms with Gasteiger partial charge in [-0.2, -0.15) is 0 Å². The van der Waals surface area contributed by atoms with Crippen LogP contribution in [0.15, 0.2) is 24.3 Å². The van der Waals surface area contributed by atoms with Crippen molar-refractivity contribution in [2.75, 3.05) is 6.61 Å². The first-order valence-electron chi connectivity index (χ1n) is 6.35. The molecule has 0 fully saturated rings. The molecule has 0 N–H and O–H groups in total. The molecule has 0 saturated heterocycles. The zero-order chi connectivity index (χ0) is 13.5. The van der Waals surface area contributed by atoms with Crippen molar-refractivity contribution >= 4 is 23.2 Å². The summed E-state index contributed by atoms with van der Waals surface area (Å²) in [7, 11) is 0. The molecule has 0 bridgehead atoms. The Kier molecular flexibility index (Phi) is 6.59. The molecule has 3 heteroatoms. The molecule has 1 atom stereocenters. The van der Waals surface area contributed by atoms with E-state index in [1.165, 1.54) is 0 Å². The Hall–Kier alpha value is -0.660. The lowest BCUT2D eigenvalue weighted by Gasteiger charge is -2.14. The molecule has 18 heavy (non-hydrogen) atoms. The van der Waals surface area contributed by atoms with Crippen molar-refractivity contribution in [2.24, 2.45) is 5.92 Å². The van der Waals surface area contributed by atoms with Crippen LogP contribution in [0.2, 0.25) is 10.0 Å². The smallest absolute Gasteiger partial charge is 0.141 e. The van der Waals surface area contributed by atoms with Gasteiger partial charge in [0.25, 0.3) is 0 Å². The topological polar surface area (TPSA) is 9.23 Å². The van der Waals surface area contributed by atoms with Crippen LogP contribution in [0.25, 0.3) is 0 Å². The van der Waals surface area contributed by atoms with Crippen molar-refractivity contribution in [1.29, 1.82) is 0 Å². The third kappa shape index (κ3) is 4.55. The number of halogens is 2. The van der Waals surface area contributed by atoms with Crippen LogP contribution in [0.1, 0.15) is 32.8 Å². The lowest BCUT2D eigenvalue weighted by atomic mass is 9.99. The molecule has 0 heterocycles. The molecule has 100 valence electrons. The van der Waals surface area contributed by atoms with Crippen molar-refractivity contribution in [1.82, 2.24) is 0 Å².